The first kappa shape index (κ1) is 26.0. The van der Waals surface area contributed by atoms with Crippen LogP contribution in [0.5, 0.6) is 0 Å². The molecule has 1 saturated carbocycles. The Balaban J connectivity index is 1.44. The molecule has 1 aromatic heterocycles. The van der Waals surface area contributed by atoms with Crippen molar-refractivity contribution in [1.82, 2.24) is 25.5 Å². The molecule has 0 unspecified atom stereocenters. The molecule has 2 amide bonds. The largest absolute Gasteiger partial charge is 0.433 e. The van der Waals surface area contributed by atoms with Gasteiger partial charge in [-0.2, -0.15) is 13.2 Å². The van der Waals surface area contributed by atoms with Gasteiger partial charge in [0, 0.05) is 23.1 Å². The zero-order valence-electron chi connectivity index (χ0n) is 17.6. The minimum atomic E-state index is -4.73. The fourth-order valence-corrected chi connectivity index (χ4v) is 4.84. The number of nitrogens with zero attached hydrogens (tertiary/aromatic N) is 2. The summed E-state index contributed by atoms with van der Waals surface area (Å²) in [5.41, 5.74) is 2.95. The van der Waals surface area contributed by atoms with E-state index in [-0.39, 0.29) is 17.4 Å². The highest BCUT2D eigenvalue weighted by atomic mass is 79.9. The van der Waals surface area contributed by atoms with Crippen molar-refractivity contribution in [1.29, 1.82) is 0 Å². The number of halogens is 4. The summed E-state index contributed by atoms with van der Waals surface area (Å²) in [6, 6.07) is 6.89. The van der Waals surface area contributed by atoms with Crippen LogP contribution in [0.2, 0.25) is 0 Å². The van der Waals surface area contributed by atoms with Gasteiger partial charge in [0.2, 0.25) is 21.8 Å². The lowest BCUT2D eigenvalue weighted by Gasteiger charge is -2.27. The van der Waals surface area contributed by atoms with Gasteiger partial charge in [0.25, 0.3) is 0 Å². The summed E-state index contributed by atoms with van der Waals surface area (Å²) in [5, 5.41) is 0. The topological polar surface area (TPSA) is 130 Å². The predicted octanol–water partition coefficient (Wildman–Crippen LogP) is 2.80. The van der Waals surface area contributed by atoms with Gasteiger partial charge in [-0.1, -0.05) is 15.9 Å². The average Bonchev–Trinajstić information content (AvgIpc) is 2.81. The third-order valence-corrected chi connectivity index (χ3v) is 7.32. The van der Waals surface area contributed by atoms with Crippen molar-refractivity contribution >= 4 is 37.8 Å². The van der Waals surface area contributed by atoms with Crippen LogP contribution in [-0.4, -0.2) is 36.7 Å². The molecule has 0 radical (unpaired) electrons. The molecule has 3 N–H and O–H groups in total. The minimum Gasteiger partial charge on any atom is -0.273 e. The molecule has 1 aliphatic rings. The van der Waals surface area contributed by atoms with Gasteiger partial charge >= 0.3 is 12.1 Å². The van der Waals surface area contributed by atoms with Gasteiger partial charge in [-0.15, -0.1) is 0 Å². The van der Waals surface area contributed by atoms with E-state index < -0.39 is 45.5 Å². The van der Waals surface area contributed by atoms with E-state index in [0.29, 0.717) is 31.7 Å². The molecular formula is C20H21BrF3N5O4S. The van der Waals surface area contributed by atoms with E-state index >= 15 is 0 Å². The highest BCUT2D eigenvalue weighted by Crippen LogP contribution is 2.29. The van der Waals surface area contributed by atoms with E-state index in [4.69, 9.17) is 0 Å². The van der Waals surface area contributed by atoms with Crippen LogP contribution in [0.3, 0.4) is 0 Å². The van der Waals surface area contributed by atoms with Crippen LogP contribution in [0.4, 0.5) is 13.2 Å². The zero-order chi connectivity index (χ0) is 24.9. The van der Waals surface area contributed by atoms with E-state index in [0.717, 1.165) is 10.7 Å². The first-order valence-electron chi connectivity index (χ1n) is 10.2. The van der Waals surface area contributed by atoms with Gasteiger partial charge in [0.15, 0.2) is 0 Å². The molecule has 0 spiro atoms. The van der Waals surface area contributed by atoms with Crippen LogP contribution in [0.1, 0.15) is 42.0 Å². The van der Waals surface area contributed by atoms with Crippen LogP contribution < -0.4 is 15.6 Å². The lowest BCUT2D eigenvalue weighted by atomic mass is 9.82. The van der Waals surface area contributed by atoms with Crippen molar-refractivity contribution in [3.8, 4) is 0 Å². The van der Waals surface area contributed by atoms with Gasteiger partial charge < -0.3 is 0 Å². The molecule has 1 aliphatic carbocycles. The number of nitrogens with one attached hydrogen (secondary N) is 3. The molecular weight excluding hydrogens is 543 g/mol. The Morgan fingerprint density at radius 1 is 1.03 bits per heavy atom. The molecule has 1 heterocycles. The first-order valence-corrected chi connectivity index (χ1v) is 12.5. The lowest BCUT2D eigenvalue weighted by molar-refractivity contribution is -0.141. The van der Waals surface area contributed by atoms with E-state index in [2.05, 4.69) is 36.0 Å². The number of aromatic nitrogens is 2. The molecule has 2 aromatic rings. The molecule has 0 saturated heterocycles. The summed E-state index contributed by atoms with van der Waals surface area (Å²) >= 11 is 3.25. The number of hydrogen-bond acceptors (Lipinski definition) is 6. The Morgan fingerprint density at radius 3 is 2.29 bits per heavy atom. The third kappa shape index (κ3) is 6.96. The molecule has 184 valence electrons. The molecule has 14 heteroatoms. The summed E-state index contributed by atoms with van der Waals surface area (Å²) in [4.78, 5) is 31.1. The summed E-state index contributed by atoms with van der Waals surface area (Å²) in [7, 11) is -3.64. The zero-order valence-corrected chi connectivity index (χ0v) is 20.0. The van der Waals surface area contributed by atoms with E-state index in [1.54, 1.807) is 12.1 Å². The van der Waals surface area contributed by atoms with Gasteiger partial charge in [-0.3, -0.25) is 20.4 Å². The maximum absolute atomic E-state index is 12.7. The lowest BCUT2D eigenvalue weighted by Crippen LogP contribution is -2.46. The quantitative estimate of drug-likeness (QED) is 0.463. The van der Waals surface area contributed by atoms with E-state index in [1.165, 1.54) is 12.1 Å². The Hall–Kier alpha value is -2.58. The maximum Gasteiger partial charge on any atom is 0.433 e. The van der Waals surface area contributed by atoms with Crippen molar-refractivity contribution < 1.29 is 31.2 Å². The summed E-state index contributed by atoms with van der Waals surface area (Å²) in [6.45, 7) is 0.232. The van der Waals surface area contributed by atoms with Crippen molar-refractivity contribution in [2.75, 3.05) is 6.54 Å². The number of rotatable bonds is 6. The second kappa shape index (κ2) is 10.8. The SMILES string of the molecule is O=C(NNC(=O)C1CCC(CNS(=O)(=O)c2ccc(Br)cc2)CC1)c1nccc(C(F)(F)F)n1. The van der Waals surface area contributed by atoms with Crippen LogP contribution in [0.25, 0.3) is 0 Å². The highest BCUT2D eigenvalue weighted by molar-refractivity contribution is 9.10. The molecule has 0 bridgehead atoms. The average molecular weight is 564 g/mol. The molecule has 0 atom stereocenters. The number of amides is 2. The van der Waals surface area contributed by atoms with Gasteiger partial charge in [-0.05, 0) is 61.9 Å². The molecule has 0 aliphatic heterocycles. The number of hydrazine groups is 1. The van der Waals surface area contributed by atoms with Gasteiger partial charge in [-0.25, -0.2) is 23.1 Å². The number of alkyl halides is 3. The van der Waals surface area contributed by atoms with E-state index in [1.807, 2.05) is 5.43 Å². The molecule has 34 heavy (non-hydrogen) atoms. The summed E-state index contributed by atoms with van der Waals surface area (Å²) in [5.74, 6) is -2.67. The van der Waals surface area contributed by atoms with Crippen molar-refractivity contribution in [2.24, 2.45) is 11.8 Å². The number of hydrogen-bond donors (Lipinski definition) is 3. The number of carbonyl (C=O) groups is 2. The predicted molar refractivity (Wildman–Crippen MR) is 117 cm³/mol. The number of benzene rings is 1. The highest BCUT2D eigenvalue weighted by Gasteiger charge is 2.33. The Kier molecular flexibility index (Phi) is 8.25. The van der Waals surface area contributed by atoms with Crippen molar-refractivity contribution in [3.05, 3.63) is 52.5 Å². The second-order valence-electron chi connectivity index (χ2n) is 7.73. The number of sulfonamides is 1. The monoisotopic (exact) mass is 563 g/mol. The molecule has 9 nitrogen and oxygen atoms in total. The van der Waals surface area contributed by atoms with Crippen LogP contribution in [-0.2, 0) is 21.0 Å². The normalized spacial score (nSPS) is 18.8. The fourth-order valence-electron chi connectivity index (χ4n) is 3.46. The summed E-state index contributed by atoms with van der Waals surface area (Å²) in [6.07, 6.45) is -1.82. The molecule has 3 rings (SSSR count). The first-order chi connectivity index (χ1) is 16.0. The van der Waals surface area contributed by atoms with Crippen LogP contribution in [0, 0.1) is 11.8 Å². The standard InChI is InChI=1S/C20H21BrF3N5O4S/c21-14-5-7-15(8-6-14)34(32,33)26-11-12-1-3-13(4-2-12)18(30)28-29-19(31)17-25-10-9-16(27-17)20(22,23)24/h5-10,12-13,26H,1-4,11H2,(H,28,30)(H,29,31). The van der Waals surface area contributed by atoms with Gasteiger partial charge in [0.05, 0.1) is 4.90 Å². The minimum absolute atomic E-state index is 0.0439. The van der Waals surface area contributed by atoms with Crippen LogP contribution >= 0.6 is 15.9 Å². The maximum atomic E-state index is 12.7. The summed E-state index contributed by atoms with van der Waals surface area (Å²) < 4.78 is 66.3. The Labute approximate surface area is 202 Å². The smallest absolute Gasteiger partial charge is 0.273 e. The van der Waals surface area contributed by atoms with Crippen molar-refractivity contribution in [3.63, 3.8) is 0 Å². The van der Waals surface area contributed by atoms with E-state index in [9.17, 15) is 31.2 Å². The van der Waals surface area contributed by atoms with Gasteiger partial charge in [0.1, 0.15) is 5.69 Å². The third-order valence-electron chi connectivity index (χ3n) is 5.35. The molecule has 1 aromatic carbocycles. The fraction of sp³-hybridized carbons (Fsp3) is 0.400. The number of carbonyl (C=O) groups excluding carboxylic acids is 2. The molecule has 1 fully saturated rings. The van der Waals surface area contributed by atoms with Crippen molar-refractivity contribution in [2.45, 2.75) is 36.8 Å². The Bertz CT molecular complexity index is 1140. The second-order valence-corrected chi connectivity index (χ2v) is 10.4. The Morgan fingerprint density at radius 2 is 1.68 bits per heavy atom. The van der Waals surface area contributed by atoms with Crippen LogP contribution in [0.15, 0.2) is 45.9 Å².